The SMILES string of the molecule is CN(CC(=O)OC(C)(C)C)C(=O)[C@H](Cc1ccc(C(F)(F)F)cc1)NCCNC(=O)OC(C)(C)C. The molecule has 0 fully saturated rings. The molecule has 35 heavy (non-hydrogen) atoms. The Labute approximate surface area is 204 Å². The second-order valence-electron chi connectivity index (χ2n) is 10.1. The van der Waals surface area contributed by atoms with Crippen molar-refractivity contribution < 1.29 is 37.0 Å². The van der Waals surface area contributed by atoms with E-state index in [0.717, 1.165) is 12.1 Å². The van der Waals surface area contributed by atoms with Gasteiger partial charge in [0.05, 0.1) is 11.6 Å². The Morgan fingerprint density at radius 1 is 0.914 bits per heavy atom. The fourth-order valence-electron chi connectivity index (χ4n) is 2.95. The molecule has 0 aromatic heterocycles. The highest BCUT2D eigenvalue weighted by Crippen LogP contribution is 2.29. The lowest BCUT2D eigenvalue weighted by atomic mass is 10.0. The van der Waals surface area contributed by atoms with Crippen molar-refractivity contribution in [2.45, 2.75) is 71.4 Å². The first kappa shape index (κ1) is 30.2. The third-order valence-corrected chi connectivity index (χ3v) is 4.37. The van der Waals surface area contributed by atoms with E-state index in [2.05, 4.69) is 10.6 Å². The molecule has 0 bridgehead atoms. The van der Waals surface area contributed by atoms with Crippen LogP contribution >= 0.6 is 0 Å². The van der Waals surface area contributed by atoms with Gasteiger partial charge in [0.25, 0.3) is 0 Å². The molecule has 0 heterocycles. The van der Waals surface area contributed by atoms with Gasteiger partial charge < -0.3 is 25.0 Å². The summed E-state index contributed by atoms with van der Waals surface area (Å²) in [6.07, 6.45) is -5.01. The number of halogens is 3. The Balaban J connectivity index is 2.86. The lowest BCUT2D eigenvalue weighted by Crippen LogP contribution is -2.50. The van der Waals surface area contributed by atoms with E-state index in [-0.39, 0.29) is 26.1 Å². The van der Waals surface area contributed by atoms with Gasteiger partial charge in [-0.1, -0.05) is 12.1 Å². The van der Waals surface area contributed by atoms with Gasteiger partial charge in [-0.2, -0.15) is 13.2 Å². The van der Waals surface area contributed by atoms with Crippen LogP contribution in [0.2, 0.25) is 0 Å². The zero-order valence-electron chi connectivity index (χ0n) is 21.3. The van der Waals surface area contributed by atoms with E-state index < -0.39 is 47.0 Å². The number of nitrogens with zero attached hydrogens (tertiary/aromatic N) is 1. The van der Waals surface area contributed by atoms with Crippen LogP contribution in [-0.4, -0.2) is 66.8 Å². The minimum Gasteiger partial charge on any atom is -0.459 e. The van der Waals surface area contributed by atoms with Crippen molar-refractivity contribution in [3.05, 3.63) is 35.4 Å². The number of carbonyl (C=O) groups is 3. The number of alkyl carbamates (subject to hydrolysis) is 1. The summed E-state index contributed by atoms with van der Waals surface area (Å²) in [6, 6.07) is 3.64. The molecule has 0 spiro atoms. The molecule has 0 radical (unpaired) electrons. The number of rotatable bonds is 9. The maximum Gasteiger partial charge on any atom is 0.416 e. The van der Waals surface area contributed by atoms with Crippen LogP contribution in [0.4, 0.5) is 18.0 Å². The molecule has 0 aliphatic heterocycles. The third kappa shape index (κ3) is 12.4. The lowest BCUT2D eigenvalue weighted by molar-refractivity contribution is -0.158. The first-order valence-corrected chi connectivity index (χ1v) is 11.2. The fraction of sp³-hybridized carbons (Fsp3) is 0.625. The summed E-state index contributed by atoms with van der Waals surface area (Å²) < 4.78 is 49.0. The first-order valence-electron chi connectivity index (χ1n) is 11.2. The van der Waals surface area contributed by atoms with E-state index >= 15 is 0 Å². The minimum atomic E-state index is -4.47. The number of carbonyl (C=O) groups excluding carboxylic acids is 3. The molecule has 198 valence electrons. The van der Waals surface area contributed by atoms with Gasteiger partial charge in [-0.25, -0.2) is 4.79 Å². The smallest absolute Gasteiger partial charge is 0.416 e. The molecule has 0 unspecified atom stereocenters. The standard InChI is InChI=1S/C24H36F3N3O5/c1-22(2,3)34-19(31)15-30(7)20(32)18(28-12-13-29-21(33)35-23(4,5)6)14-16-8-10-17(11-9-16)24(25,26)27/h8-11,18,28H,12-15H2,1-7H3,(H,29,33)/t18-/m0/s1. The second-order valence-corrected chi connectivity index (χ2v) is 10.1. The summed E-state index contributed by atoms with van der Waals surface area (Å²) in [6.45, 7) is 10.3. The number of benzene rings is 1. The summed E-state index contributed by atoms with van der Waals surface area (Å²) >= 11 is 0. The lowest BCUT2D eigenvalue weighted by Gasteiger charge is -2.26. The molecule has 1 atom stereocenters. The Morgan fingerprint density at radius 3 is 1.94 bits per heavy atom. The number of hydrogen-bond acceptors (Lipinski definition) is 6. The van der Waals surface area contributed by atoms with E-state index in [9.17, 15) is 27.6 Å². The number of likely N-dealkylation sites (N-methyl/N-ethyl adjacent to an activating group) is 1. The molecule has 2 amide bonds. The molecule has 1 rings (SSSR count). The van der Waals surface area contributed by atoms with Crippen LogP contribution in [-0.2, 0) is 31.7 Å². The van der Waals surface area contributed by atoms with Crippen LogP contribution in [0.5, 0.6) is 0 Å². The summed E-state index contributed by atoms with van der Waals surface area (Å²) in [7, 11) is 1.44. The van der Waals surface area contributed by atoms with E-state index in [0.29, 0.717) is 5.56 Å². The monoisotopic (exact) mass is 503 g/mol. The summed E-state index contributed by atoms with van der Waals surface area (Å²) in [4.78, 5) is 38.2. The Morgan fingerprint density at radius 2 is 1.46 bits per heavy atom. The summed E-state index contributed by atoms with van der Waals surface area (Å²) in [5.41, 5.74) is -1.68. The van der Waals surface area contributed by atoms with Gasteiger partial charge in [-0.15, -0.1) is 0 Å². The van der Waals surface area contributed by atoms with Crippen molar-refractivity contribution in [1.82, 2.24) is 15.5 Å². The molecule has 1 aromatic carbocycles. The molecule has 0 saturated carbocycles. The van der Waals surface area contributed by atoms with Crippen LogP contribution < -0.4 is 10.6 Å². The number of esters is 1. The molecule has 1 aromatic rings. The average molecular weight is 504 g/mol. The zero-order valence-corrected chi connectivity index (χ0v) is 21.3. The van der Waals surface area contributed by atoms with Crippen LogP contribution in [0.15, 0.2) is 24.3 Å². The fourth-order valence-corrected chi connectivity index (χ4v) is 2.95. The van der Waals surface area contributed by atoms with Gasteiger partial charge in [0.1, 0.15) is 17.7 Å². The van der Waals surface area contributed by atoms with Gasteiger partial charge >= 0.3 is 18.2 Å². The quantitative estimate of drug-likeness (QED) is 0.395. The number of hydrogen-bond donors (Lipinski definition) is 2. The highest BCUT2D eigenvalue weighted by Gasteiger charge is 2.30. The summed E-state index contributed by atoms with van der Waals surface area (Å²) in [5.74, 6) is -1.04. The van der Waals surface area contributed by atoms with Gasteiger partial charge in [0.2, 0.25) is 5.91 Å². The topological polar surface area (TPSA) is 97.0 Å². The predicted molar refractivity (Wildman–Crippen MR) is 125 cm³/mol. The van der Waals surface area contributed by atoms with Crippen molar-refractivity contribution in [1.29, 1.82) is 0 Å². The van der Waals surface area contributed by atoms with E-state index in [1.54, 1.807) is 41.5 Å². The highest BCUT2D eigenvalue weighted by atomic mass is 19.4. The number of nitrogens with one attached hydrogen (secondary N) is 2. The van der Waals surface area contributed by atoms with E-state index in [1.807, 2.05) is 0 Å². The molecule has 8 nitrogen and oxygen atoms in total. The number of alkyl halides is 3. The molecule has 2 N–H and O–H groups in total. The molecular weight excluding hydrogens is 467 g/mol. The Bertz CT molecular complexity index is 859. The Hall–Kier alpha value is -2.82. The maximum atomic E-state index is 13.1. The first-order chi connectivity index (χ1) is 15.9. The van der Waals surface area contributed by atoms with E-state index in [4.69, 9.17) is 9.47 Å². The van der Waals surface area contributed by atoms with Crippen LogP contribution in [0.25, 0.3) is 0 Å². The molecule has 0 aliphatic carbocycles. The van der Waals surface area contributed by atoms with Crippen molar-refractivity contribution in [3.8, 4) is 0 Å². The highest BCUT2D eigenvalue weighted by molar-refractivity contribution is 5.86. The average Bonchev–Trinajstić information content (AvgIpc) is 2.66. The van der Waals surface area contributed by atoms with Gasteiger partial charge in [-0.3, -0.25) is 9.59 Å². The normalized spacial score (nSPS) is 13.1. The third-order valence-electron chi connectivity index (χ3n) is 4.37. The number of amides is 2. The van der Waals surface area contributed by atoms with Crippen LogP contribution in [0.1, 0.15) is 52.7 Å². The second kappa shape index (κ2) is 12.2. The zero-order chi connectivity index (χ0) is 27.0. The maximum absolute atomic E-state index is 13.1. The summed E-state index contributed by atoms with van der Waals surface area (Å²) in [5, 5.41) is 5.56. The van der Waals surface area contributed by atoms with E-state index in [1.165, 1.54) is 24.1 Å². The largest absolute Gasteiger partial charge is 0.459 e. The van der Waals surface area contributed by atoms with Crippen LogP contribution in [0, 0.1) is 0 Å². The Kier molecular flexibility index (Phi) is 10.6. The molecular formula is C24H36F3N3O5. The van der Waals surface area contributed by atoms with Crippen molar-refractivity contribution >= 4 is 18.0 Å². The van der Waals surface area contributed by atoms with Gasteiger partial charge in [0, 0.05) is 20.1 Å². The van der Waals surface area contributed by atoms with Crippen molar-refractivity contribution in [2.75, 3.05) is 26.7 Å². The number of ether oxygens (including phenoxy) is 2. The van der Waals surface area contributed by atoms with Crippen molar-refractivity contribution in [3.63, 3.8) is 0 Å². The van der Waals surface area contributed by atoms with Gasteiger partial charge in [0.15, 0.2) is 0 Å². The van der Waals surface area contributed by atoms with Gasteiger partial charge in [-0.05, 0) is 65.7 Å². The molecule has 0 aliphatic rings. The molecule has 0 saturated heterocycles. The van der Waals surface area contributed by atoms with Crippen LogP contribution in [0.3, 0.4) is 0 Å². The molecule has 11 heteroatoms. The predicted octanol–water partition coefficient (Wildman–Crippen LogP) is 3.53. The van der Waals surface area contributed by atoms with Crippen molar-refractivity contribution in [2.24, 2.45) is 0 Å². The minimum absolute atomic E-state index is 0.0715.